The van der Waals surface area contributed by atoms with Crippen LogP contribution in [0.3, 0.4) is 0 Å². The van der Waals surface area contributed by atoms with Crippen LogP contribution in [0.15, 0.2) is 24.3 Å². The Morgan fingerprint density at radius 2 is 1.78 bits per heavy atom. The zero-order valence-electron chi connectivity index (χ0n) is 10.9. The molecule has 0 fully saturated rings. The molecule has 0 heterocycles. The molecule has 1 rings (SSSR count). The van der Waals surface area contributed by atoms with Crippen molar-refractivity contribution >= 4 is 11.9 Å². The molecule has 0 aliphatic heterocycles. The highest BCUT2D eigenvalue weighted by Crippen LogP contribution is 2.08. The predicted molar refractivity (Wildman–Crippen MR) is 67.0 cm³/mol. The van der Waals surface area contributed by atoms with Crippen LogP contribution < -0.4 is 0 Å². The van der Waals surface area contributed by atoms with Crippen molar-refractivity contribution in [2.24, 2.45) is 5.92 Å². The second-order valence-corrected chi connectivity index (χ2v) is 4.45. The van der Waals surface area contributed by atoms with Gasteiger partial charge < -0.3 is 9.47 Å². The van der Waals surface area contributed by atoms with Crippen molar-refractivity contribution in [3.63, 3.8) is 0 Å². The van der Waals surface area contributed by atoms with Gasteiger partial charge in [0.1, 0.15) is 6.61 Å². The molecule has 0 aromatic heterocycles. The van der Waals surface area contributed by atoms with Gasteiger partial charge in [-0.15, -0.1) is 0 Å². The summed E-state index contributed by atoms with van der Waals surface area (Å²) in [6.45, 7) is 4.16. The maximum atomic E-state index is 11.4. The molecule has 0 unspecified atom stereocenters. The normalized spacial score (nSPS) is 10.2. The SMILES string of the molecule is COC(=O)c1ccc(COC(=O)CC(C)C)cc1. The van der Waals surface area contributed by atoms with Crippen molar-refractivity contribution in [3.05, 3.63) is 35.4 Å². The van der Waals surface area contributed by atoms with E-state index < -0.39 is 0 Å². The lowest BCUT2D eigenvalue weighted by Crippen LogP contribution is -2.08. The highest BCUT2D eigenvalue weighted by atomic mass is 16.5. The molecular formula is C14H18O4. The molecule has 0 atom stereocenters. The van der Waals surface area contributed by atoms with Gasteiger partial charge >= 0.3 is 11.9 Å². The number of hydrogen-bond donors (Lipinski definition) is 0. The number of hydrogen-bond acceptors (Lipinski definition) is 4. The summed E-state index contributed by atoms with van der Waals surface area (Å²) in [5.74, 6) is -0.292. The van der Waals surface area contributed by atoms with Crippen LogP contribution in [0.1, 0.15) is 36.2 Å². The van der Waals surface area contributed by atoms with E-state index >= 15 is 0 Å². The van der Waals surface area contributed by atoms with Crippen molar-refractivity contribution in [1.82, 2.24) is 0 Å². The minimum absolute atomic E-state index is 0.206. The quantitative estimate of drug-likeness (QED) is 0.754. The summed E-state index contributed by atoms with van der Waals surface area (Å²) in [5, 5.41) is 0. The van der Waals surface area contributed by atoms with Gasteiger partial charge in [-0.25, -0.2) is 4.79 Å². The molecule has 4 nitrogen and oxygen atoms in total. The number of carbonyl (C=O) groups is 2. The Hall–Kier alpha value is -1.84. The van der Waals surface area contributed by atoms with Gasteiger partial charge in [0, 0.05) is 6.42 Å². The summed E-state index contributed by atoms with van der Waals surface area (Å²) >= 11 is 0. The van der Waals surface area contributed by atoms with E-state index in [2.05, 4.69) is 4.74 Å². The van der Waals surface area contributed by atoms with E-state index in [0.29, 0.717) is 17.9 Å². The summed E-state index contributed by atoms with van der Waals surface area (Å²) in [4.78, 5) is 22.6. The number of benzene rings is 1. The molecule has 98 valence electrons. The summed E-state index contributed by atoms with van der Waals surface area (Å²) in [7, 11) is 1.34. The lowest BCUT2D eigenvalue weighted by molar-refractivity contribution is -0.145. The summed E-state index contributed by atoms with van der Waals surface area (Å²) in [6, 6.07) is 6.79. The highest BCUT2D eigenvalue weighted by Gasteiger charge is 2.07. The largest absolute Gasteiger partial charge is 0.465 e. The summed E-state index contributed by atoms with van der Waals surface area (Å²) in [6.07, 6.45) is 0.417. The molecule has 0 saturated carbocycles. The van der Waals surface area contributed by atoms with E-state index in [1.807, 2.05) is 13.8 Å². The van der Waals surface area contributed by atoms with Gasteiger partial charge in [0.25, 0.3) is 0 Å². The second kappa shape index (κ2) is 6.79. The number of ether oxygens (including phenoxy) is 2. The Labute approximate surface area is 107 Å². The fourth-order valence-electron chi connectivity index (χ4n) is 1.41. The molecule has 4 heteroatoms. The Morgan fingerprint density at radius 3 is 2.28 bits per heavy atom. The maximum absolute atomic E-state index is 11.4. The minimum atomic E-state index is -0.377. The molecule has 1 aromatic rings. The fraction of sp³-hybridized carbons (Fsp3) is 0.429. The molecule has 0 aliphatic rings. The van der Waals surface area contributed by atoms with Crippen molar-refractivity contribution in [2.75, 3.05) is 7.11 Å². The van der Waals surface area contributed by atoms with E-state index in [0.717, 1.165) is 5.56 Å². The lowest BCUT2D eigenvalue weighted by Gasteiger charge is -2.07. The first-order valence-corrected chi connectivity index (χ1v) is 5.85. The first-order chi connectivity index (χ1) is 8.52. The molecule has 0 N–H and O–H groups in total. The van der Waals surface area contributed by atoms with Crippen LogP contribution in [-0.2, 0) is 20.9 Å². The molecule has 0 spiro atoms. The van der Waals surface area contributed by atoms with Crippen molar-refractivity contribution in [2.45, 2.75) is 26.9 Å². The third kappa shape index (κ3) is 4.57. The number of carbonyl (C=O) groups excluding carboxylic acids is 2. The fourth-order valence-corrected chi connectivity index (χ4v) is 1.41. The van der Waals surface area contributed by atoms with Gasteiger partial charge in [-0.2, -0.15) is 0 Å². The molecular weight excluding hydrogens is 232 g/mol. The number of esters is 2. The zero-order valence-corrected chi connectivity index (χ0v) is 10.9. The zero-order chi connectivity index (χ0) is 13.5. The van der Waals surface area contributed by atoms with Gasteiger partial charge in [-0.1, -0.05) is 26.0 Å². The minimum Gasteiger partial charge on any atom is -0.465 e. The molecule has 0 aliphatic carbocycles. The molecule has 0 amide bonds. The third-order valence-electron chi connectivity index (χ3n) is 2.35. The monoisotopic (exact) mass is 250 g/mol. The van der Waals surface area contributed by atoms with E-state index in [1.54, 1.807) is 24.3 Å². The van der Waals surface area contributed by atoms with Crippen LogP contribution >= 0.6 is 0 Å². The van der Waals surface area contributed by atoms with Crippen LogP contribution in [0, 0.1) is 5.92 Å². The van der Waals surface area contributed by atoms with Gasteiger partial charge in [-0.05, 0) is 23.6 Å². The summed E-state index contributed by atoms with van der Waals surface area (Å²) < 4.78 is 9.70. The Balaban J connectivity index is 2.49. The van der Waals surface area contributed by atoms with E-state index in [1.165, 1.54) is 7.11 Å². The Kier molecular flexibility index (Phi) is 5.36. The first-order valence-electron chi connectivity index (χ1n) is 5.85. The molecule has 0 bridgehead atoms. The van der Waals surface area contributed by atoms with Gasteiger partial charge in [0.05, 0.1) is 12.7 Å². The maximum Gasteiger partial charge on any atom is 0.337 e. The smallest absolute Gasteiger partial charge is 0.337 e. The van der Waals surface area contributed by atoms with Gasteiger partial charge in [0.2, 0.25) is 0 Å². The van der Waals surface area contributed by atoms with Gasteiger partial charge in [-0.3, -0.25) is 4.79 Å². The van der Waals surface area contributed by atoms with Crippen LogP contribution in [0.2, 0.25) is 0 Å². The molecule has 0 saturated heterocycles. The van der Waals surface area contributed by atoms with Crippen LogP contribution in [0.25, 0.3) is 0 Å². The Bertz CT molecular complexity index is 406. The molecule has 18 heavy (non-hydrogen) atoms. The lowest BCUT2D eigenvalue weighted by atomic mass is 10.1. The highest BCUT2D eigenvalue weighted by molar-refractivity contribution is 5.89. The average Bonchev–Trinajstić information content (AvgIpc) is 2.35. The van der Waals surface area contributed by atoms with E-state index in [4.69, 9.17) is 4.74 Å². The first kappa shape index (κ1) is 14.2. The second-order valence-electron chi connectivity index (χ2n) is 4.45. The van der Waals surface area contributed by atoms with Crippen molar-refractivity contribution in [1.29, 1.82) is 0 Å². The molecule has 1 aromatic carbocycles. The molecule has 0 radical (unpaired) electrons. The van der Waals surface area contributed by atoms with Crippen molar-refractivity contribution < 1.29 is 19.1 Å². The standard InChI is InChI=1S/C14H18O4/c1-10(2)8-13(15)18-9-11-4-6-12(7-5-11)14(16)17-3/h4-7,10H,8-9H2,1-3H3. The van der Waals surface area contributed by atoms with Crippen molar-refractivity contribution in [3.8, 4) is 0 Å². The average molecular weight is 250 g/mol. The van der Waals surface area contributed by atoms with Crippen LogP contribution in [0.4, 0.5) is 0 Å². The summed E-state index contributed by atoms with van der Waals surface area (Å²) in [5.41, 5.74) is 1.33. The van der Waals surface area contributed by atoms with Crippen LogP contribution in [-0.4, -0.2) is 19.0 Å². The van der Waals surface area contributed by atoms with Gasteiger partial charge in [0.15, 0.2) is 0 Å². The number of methoxy groups -OCH3 is 1. The van der Waals surface area contributed by atoms with Crippen LogP contribution in [0.5, 0.6) is 0 Å². The topological polar surface area (TPSA) is 52.6 Å². The predicted octanol–water partition coefficient (Wildman–Crippen LogP) is 2.56. The third-order valence-corrected chi connectivity index (χ3v) is 2.35. The Morgan fingerprint density at radius 1 is 1.17 bits per heavy atom. The number of rotatable bonds is 5. The van der Waals surface area contributed by atoms with E-state index in [-0.39, 0.29) is 18.5 Å². The van der Waals surface area contributed by atoms with E-state index in [9.17, 15) is 9.59 Å².